The van der Waals surface area contributed by atoms with Crippen molar-refractivity contribution in [3.63, 3.8) is 0 Å². The molecular weight excluding hydrogens is 230 g/mol. The first-order chi connectivity index (χ1) is 8.31. The largest absolute Gasteiger partial charge is 0.371 e. The van der Waals surface area contributed by atoms with Crippen LogP contribution in [0.2, 0.25) is 0 Å². The number of aldehydes is 1. The third kappa shape index (κ3) is 2.13. The molecule has 1 aliphatic heterocycles. The number of hydrogen-bond acceptors (Lipinski definition) is 3. The molecule has 2 aliphatic rings. The van der Waals surface area contributed by atoms with Gasteiger partial charge in [-0.1, -0.05) is 12.8 Å². The standard InChI is InChI=1S/C14H19NOS/c16-10-13-9-12(11-17-13)15-7-5-14(6-8-15)3-1-2-4-14/h9-11H,1-8H2. The molecule has 0 radical (unpaired) electrons. The maximum Gasteiger partial charge on any atom is 0.160 e. The minimum Gasteiger partial charge on any atom is -0.371 e. The fourth-order valence-corrected chi connectivity index (χ4v) is 4.15. The van der Waals surface area contributed by atoms with Crippen LogP contribution in [0.1, 0.15) is 48.2 Å². The van der Waals surface area contributed by atoms with E-state index >= 15 is 0 Å². The van der Waals surface area contributed by atoms with Gasteiger partial charge in [0.15, 0.2) is 6.29 Å². The Morgan fingerprint density at radius 1 is 1.18 bits per heavy atom. The minimum absolute atomic E-state index is 0.681. The predicted octanol–water partition coefficient (Wildman–Crippen LogP) is 3.72. The van der Waals surface area contributed by atoms with Crippen molar-refractivity contribution in [3.8, 4) is 0 Å². The lowest BCUT2D eigenvalue weighted by Gasteiger charge is -2.40. The Hall–Kier alpha value is -0.830. The second-order valence-corrected chi connectivity index (χ2v) is 6.46. The van der Waals surface area contributed by atoms with E-state index in [1.807, 2.05) is 6.07 Å². The third-order valence-electron chi connectivity index (χ3n) is 4.58. The van der Waals surface area contributed by atoms with Crippen LogP contribution in [0.3, 0.4) is 0 Å². The van der Waals surface area contributed by atoms with Gasteiger partial charge in [0.25, 0.3) is 0 Å². The first kappa shape index (κ1) is 11.3. The minimum atomic E-state index is 0.681. The fourth-order valence-electron chi connectivity index (χ4n) is 3.43. The normalized spacial score (nSPS) is 23.2. The van der Waals surface area contributed by atoms with E-state index in [0.717, 1.165) is 11.2 Å². The number of rotatable bonds is 2. The van der Waals surface area contributed by atoms with Gasteiger partial charge in [-0.15, -0.1) is 11.3 Å². The summed E-state index contributed by atoms with van der Waals surface area (Å²) in [5.41, 5.74) is 1.94. The van der Waals surface area contributed by atoms with Crippen molar-refractivity contribution in [3.05, 3.63) is 16.3 Å². The molecule has 3 heteroatoms. The molecule has 0 amide bonds. The molecule has 17 heavy (non-hydrogen) atoms. The van der Waals surface area contributed by atoms with Crippen LogP contribution >= 0.6 is 11.3 Å². The van der Waals surface area contributed by atoms with Crippen molar-refractivity contribution < 1.29 is 4.79 Å². The van der Waals surface area contributed by atoms with Crippen LogP contribution in [0.25, 0.3) is 0 Å². The average Bonchev–Trinajstić information content (AvgIpc) is 3.00. The third-order valence-corrected chi connectivity index (χ3v) is 5.42. The smallest absolute Gasteiger partial charge is 0.160 e. The first-order valence-electron chi connectivity index (χ1n) is 6.60. The summed E-state index contributed by atoms with van der Waals surface area (Å²) in [5.74, 6) is 0. The molecule has 3 rings (SSSR count). The summed E-state index contributed by atoms with van der Waals surface area (Å²) >= 11 is 1.56. The molecule has 0 atom stereocenters. The van der Waals surface area contributed by atoms with E-state index in [0.29, 0.717) is 5.41 Å². The van der Waals surface area contributed by atoms with Gasteiger partial charge in [-0.25, -0.2) is 0 Å². The zero-order chi connectivity index (χ0) is 11.7. The van der Waals surface area contributed by atoms with Gasteiger partial charge < -0.3 is 4.90 Å². The van der Waals surface area contributed by atoms with Gasteiger partial charge in [-0.3, -0.25) is 4.79 Å². The molecule has 1 aromatic rings. The Bertz CT molecular complexity index is 396. The van der Waals surface area contributed by atoms with E-state index in [1.54, 1.807) is 11.3 Å². The molecule has 1 aliphatic carbocycles. The molecule has 1 saturated carbocycles. The lowest BCUT2D eigenvalue weighted by atomic mass is 9.77. The summed E-state index contributed by atoms with van der Waals surface area (Å²) in [5, 5.41) is 2.12. The highest BCUT2D eigenvalue weighted by Gasteiger charge is 2.36. The monoisotopic (exact) mass is 249 g/mol. The highest BCUT2D eigenvalue weighted by Crippen LogP contribution is 2.46. The summed E-state index contributed by atoms with van der Waals surface area (Å²) in [7, 11) is 0. The number of carbonyl (C=O) groups is 1. The van der Waals surface area contributed by atoms with Gasteiger partial charge in [0.1, 0.15) is 0 Å². The van der Waals surface area contributed by atoms with Gasteiger partial charge in [0.05, 0.1) is 4.88 Å². The van der Waals surface area contributed by atoms with Crippen molar-refractivity contribution >= 4 is 23.3 Å². The number of carbonyl (C=O) groups excluding carboxylic acids is 1. The SMILES string of the molecule is O=Cc1cc(N2CCC3(CCCC3)CC2)cs1. The number of thiophene rings is 1. The van der Waals surface area contributed by atoms with Crippen LogP contribution in [0.5, 0.6) is 0 Å². The van der Waals surface area contributed by atoms with Crippen LogP contribution in [0.4, 0.5) is 5.69 Å². The van der Waals surface area contributed by atoms with Crippen molar-refractivity contribution in [2.24, 2.45) is 5.41 Å². The zero-order valence-electron chi connectivity index (χ0n) is 10.2. The van der Waals surface area contributed by atoms with Crippen LogP contribution in [0, 0.1) is 5.41 Å². The Morgan fingerprint density at radius 2 is 1.88 bits per heavy atom. The van der Waals surface area contributed by atoms with Gasteiger partial charge in [-0.2, -0.15) is 0 Å². The summed E-state index contributed by atoms with van der Waals surface area (Å²) < 4.78 is 0. The van der Waals surface area contributed by atoms with Gasteiger partial charge >= 0.3 is 0 Å². The number of piperidine rings is 1. The molecule has 0 N–H and O–H groups in total. The molecule has 2 heterocycles. The van der Waals surface area contributed by atoms with Crippen LogP contribution < -0.4 is 4.90 Å². The van der Waals surface area contributed by atoms with Gasteiger partial charge in [-0.05, 0) is 37.2 Å². The summed E-state index contributed by atoms with van der Waals surface area (Å²) in [6.07, 6.45) is 9.42. The molecule has 1 aromatic heterocycles. The zero-order valence-corrected chi connectivity index (χ0v) is 11.0. The highest BCUT2D eigenvalue weighted by molar-refractivity contribution is 7.12. The van der Waals surface area contributed by atoms with E-state index in [1.165, 1.54) is 57.3 Å². The number of hydrogen-bond donors (Lipinski definition) is 0. The van der Waals surface area contributed by atoms with Crippen LogP contribution in [-0.4, -0.2) is 19.4 Å². The van der Waals surface area contributed by atoms with Crippen LogP contribution in [-0.2, 0) is 0 Å². The highest BCUT2D eigenvalue weighted by atomic mass is 32.1. The molecule has 0 unspecified atom stereocenters. The van der Waals surface area contributed by atoms with E-state index in [4.69, 9.17) is 0 Å². The topological polar surface area (TPSA) is 20.3 Å². The molecule has 1 saturated heterocycles. The fraction of sp³-hybridized carbons (Fsp3) is 0.643. The lowest BCUT2D eigenvalue weighted by Crippen LogP contribution is -2.38. The molecule has 2 nitrogen and oxygen atoms in total. The molecule has 2 fully saturated rings. The second kappa shape index (κ2) is 4.45. The Morgan fingerprint density at radius 3 is 2.47 bits per heavy atom. The maximum atomic E-state index is 10.7. The molecule has 0 bridgehead atoms. The van der Waals surface area contributed by atoms with E-state index in [9.17, 15) is 4.79 Å². The quantitative estimate of drug-likeness (QED) is 0.744. The number of anilines is 1. The van der Waals surface area contributed by atoms with Gasteiger partial charge in [0, 0.05) is 24.2 Å². The molecule has 92 valence electrons. The first-order valence-corrected chi connectivity index (χ1v) is 7.48. The van der Waals surface area contributed by atoms with Crippen LogP contribution in [0.15, 0.2) is 11.4 Å². The molecule has 0 aromatic carbocycles. The summed E-state index contributed by atoms with van der Waals surface area (Å²) in [6, 6.07) is 2.03. The second-order valence-electron chi connectivity index (χ2n) is 5.52. The molecule has 1 spiro atoms. The maximum absolute atomic E-state index is 10.7. The Kier molecular flexibility index (Phi) is 2.95. The average molecular weight is 249 g/mol. The van der Waals surface area contributed by atoms with Crippen molar-refractivity contribution in [1.82, 2.24) is 0 Å². The van der Waals surface area contributed by atoms with E-state index in [-0.39, 0.29) is 0 Å². The Labute approximate surface area is 107 Å². The number of nitrogens with zero attached hydrogens (tertiary/aromatic N) is 1. The van der Waals surface area contributed by atoms with Crippen molar-refractivity contribution in [2.75, 3.05) is 18.0 Å². The predicted molar refractivity (Wildman–Crippen MR) is 72.1 cm³/mol. The summed E-state index contributed by atoms with van der Waals surface area (Å²) in [6.45, 7) is 2.35. The Balaban J connectivity index is 1.66. The van der Waals surface area contributed by atoms with Crippen molar-refractivity contribution in [1.29, 1.82) is 0 Å². The van der Waals surface area contributed by atoms with E-state index in [2.05, 4.69) is 10.3 Å². The summed E-state index contributed by atoms with van der Waals surface area (Å²) in [4.78, 5) is 14.0. The molecular formula is C14H19NOS. The van der Waals surface area contributed by atoms with Crippen molar-refractivity contribution in [2.45, 2.75) is 38.5 Å². The lowest BCUT2D eigenvalue weighted by molar-refractivity contribution is 0.112. The van der Waals surface area contributed by atoms with E-state index < -0.39 is 0 Å². The van der Waals surface area contributed by atoms with Gasteiger partial charge in [0.2, 0.25) is 0 Å².